The second-order valence-corrected chi connectivity index (χ2v) is 6.71. The zero-order valence-electron chi connectivity index (χ0n) is 11.7. The Morgan fingerprint density at radius 1 is 1.05 bits per heavy atom. The molecule has 0 radical (unpaired) electrons. The monoisotopic (exact) mass is 271 g/mol. The van der Waals surface area contributed by atoms with E-state index in [1.807, 2.05) is 30.3 Å². The van der Waals surface area contributed by atoms with E-state index in [0.29, 0.717) is 24.7 Å². The van der Waals surface area contributed by atoms with Gasteiger partial charge in [0.1, 0.15) is 0 Å². The molecule has 1 aliphatic carbocycles. The third-order valence-electron chi connectivity index (χ3n) is 5.26. The first-order valence-electron chi connectivity index (χ1n) is 7.77. The van der Waals surface area contributed by atoms with E-state index in [1.54, 1.807) is 0 Å². The molecular weight excluding hydrogens is 250 g/mol. The molecule has 3 fully saturated rings. The molecule has 0 spiro atoms. The first-order chi connectivity index (χ1) is 9.67. The van der Waals surface area contributed by atoms with Crippen LogP contribution in [0.1, 0.15) is 44.1 Å². The van der Waals surface area contributed by atoms with Crippen LogP contribution in [-0.2, 0) is 10.4 Å². The van der Waals surface area contributed by atoms with E-state index in [2.05, 4.69) is 4.90 Å². The van der Waals surface area contributed by atoms with Crippen molar-refractivity contribution in [1.29, 1.82) is 0 Å². The van der Waals surface area contributed by atoms with Gasteiger partial charge in [-0.05, 0) is 31.2 Å². The Balaban J connectivity index is 1.60. The van der Waals surface area contributed by atoms with Crippen molar-refractivity contribution in [3.63, 3.8) is 0 Å². The fraction of sp³-hybridized carbons (Fsp3) is 0.588. The summed E-state index contributed by atoms with van der Waals surface area (Å²) in [5, 5.41) is 11.0. The van der Waals surface area contributed by atoms with E-state index >= 15 is 0 Å². The maximum atomic E-state index is 12.4. The fourth-order valence-corrected chi connectivity index (χ4v) is 4.11. The predicted molar refractivity (Wildman–Crippen MR) is 76.0 cm³/mol. The van der Waals surface area contributed by atoms with Gasteiger partial charge < -0.3 is 10.0 Å². The summed E-state index contributed by atoms with van der Waals surface area (Å²) in [5.74, 6) is 0.647. The predicted octanol–water partition coefficient (Wildman–Crippen LogP) is 2.44. The Hall–Kier alpha value is -1.35. The first-order valence-corrected chi connectivity index (χ1v) is 7.77. The molecule has 20 heavy (non-hydrogen) atoms. The van der Waals surface area contributed by atoms with Gasteiger partial charge in [0.2, 0.25) is 5.91 Å². The van der Waals surface area contributed by atoms with Gasteiger partial charge in [-0.2, -0.15) is 0 Å². The van der Waals surface area contributed by atoms with Crippen molar-refractivity contribution in [1.82, 2.24) is 4.90 Å². The van der Waals surface area contributed by atoms with E-state index in [1.165, 1.54) is 0 Å². The Kier molecular flexibility index (Phi) is 2.68. The number of benzene rings is 1. The van der Waals surface area contributed by atoms with Crippen molar-refractivity contribution >= 4 is 5.91 Å². The zero-order valence-corrected chi connectivity index (χ0v) is 11.7. The molecule has 2 bridgehead atoms. The number of aliphatic hydroxyl groups is 1. The number of nitrogens with zero attached hydrogens (tertiary/aromatic N) is 1. The van der Waals surface area contributed by atoms with Crippen molar-refractivity contribution in [2.75, 3.05) is 0 Å². The number of hydrogen-bond acceptors (Lipinski definition) is 2. The number of amides is 1. The van der Waals surface area contributed by atoms with Gasteiger partial charge in [0.15, 0.2) is 0 Å². The molecule has 1 N–H and O–H groups in total. The van der Waals surface area contributed by atoms with E-state index in [-0.39, 0.29) is 12.1 Å². The Bertz CT molecular complexity index is 509. The molecule has 2 saturated heterocycles. The van der Waals surface area contributed by atoms with Gasteiger partial charge in [-0.3, -0.25) is 4.79 Å². The maximum Gasteiger partial charge on any atom is 0.226 e. The van der Waals surface area contributed by atoms with Crippen LogP contribution in [0.25, 0.3) is 0 Å². The zero-order chi connectivity index (χ0) is 13.7. The Morgan fingerprint density at radius 2 is 1.65 bits per heavy atom. The van der Waals surface area contributed by atoms with Crippen LogP contribution >= 0.6 is 0 Å². The highest BCUT2D eigenvalue weighted by atomic mass is 16.3. The molecule has 1 saturated carbocycles. The van der Waals surface area contributed by atoms with Crippen molar-refractivity contribution in [3.05, 3.63) is 35.9 Å². The average molecular weight is 271 g/mol. The highest BCUT2D eigenvalue weighted by molar-refractivity contribution is 5.82. The summed E-state index contributed by atoms with van der Waals surface area (Å²) < 4.78 is 0. The number of carbonyl (C=O) groups is 1. The van der Waals surface area contributed by atoms with Crippen LogP contribution in [0.2, 0.25) is 0 Å². The Labute approximate surface area is 119 Å². The molecule has 106 valence electrons. The lowest BCUT2D eigenvalue weighted by Crippen LogP contribution is -2.52. The summed E-state index contributed by atoms with van der Waals surface area (Å²) in [5.41, 5.74) is 0.267. The molecule has 2 heterocycles. The maximum absolute atomic E-state index is 12.4. The van der Waals surface area contributed by atoms with Crippen LogP contribution in [0.4, 0.5) is 0 Å². The minimum Gasteiger partial charge on any atom is -0.385 e. The van der Waals surface area contributed by atoms with Crippen molar-refractivity contribution in [2.24, 2.45) is 5.92 Å². The fourth-order valence-electron chi connectivity index (χ4n) is 4.11. The summed E-state index contributed by atoms with van der Waals surface area (Å²) in [7, 11) is 0. The summed E-state index contributed by atoms with van der Waals surface area (Å²) in [6, 6.07) is 10.5. The summed E-state index contributed by atoms with van der Waals surface area (Å²) in [6.07, 6.45) is 5.64. The van der Waals surface area contributed by atoms with Crippen LogP contribution < -0.4 is 0 Å². The highest BCUT2D eigenvalue weighted by Crippen LogP contribution is 2.47. The van der Waals surface area contributed by atoms with E-state index < -0.39 is 5.60 Å². The quantitative estimate of drug-likeness (QED) is 0.897. The lowest BCUT2D eigenvalue weighted by molar-refractivity contribution is -0.143. The van der Waals surface area contributed by atoms with Crippen LogP contribution in [0.15, 0.2) is 30.3 Å². The SMILES string of the molecule is O=C(C1CC1)N1C2CCC1CC(O)(c1ccccc1)C2. The van der Waals surface area contributed by atoms with Crippen LogP contribution in [0.5, 0.6) is 0 Å². The minimum atomic E-state index is -0.743. The third-order valence-corrected chi connectivity index (χ3v) is 5.26. The number of piperidine rings is 1. The van der Waals surface area contributed by atoms with E-state index in [0.717, 1.165) is 31.2 Å². The second kappa shape index (κ2) is 4.32. The number of rotatable bonds is 2. The molecule has 2 aliphatic heterocycles. The molecule has 1 aromatic carbocycles. The lowest BCUT2D eigenvalue weighted by atomic mass is 9.80. The van der Waals surface area contributed by atoms with Crippen molar-refractivity contribution in [3.8, 4) is 0 Å². The van der Waals surface area contributed by atoms with Gasteiger partial charge in [-0.1, -0.05) is 30.3 Å². The van der Waals surface area contributed by atoms with Gasteiger partial charge in [-0.25, -0.2) is 0 Å². The van der Waals surface area contributed by atoms with E-state index in [4.69, 9.17) is 0 Å². The van der Waals surface area contributed by atoms with Gasteiger partial charge in [-0.15, -0.1) is 0 Å². The first kappa shape index (κ1) is 12.4. The molecule has 3 heteroatoms. The van der Waals surface area contributed by atoms with Crippen LogP contribution in [0, 0.1) is 5.92 Å². The number of hydrogen-bond donors (Lipinski definition) is 1. The molecule has 3 aliphatic rings. The molecular formula is C17H21NO2. The normalized spacial score (nSPS) is 36.1. The van der Waals surface area contributed by atoms with Crippen LogP contribution in [-0.4, -0.2) is 28.0 Å². The topological polar surface area (TPSA) is 40.5 Å². The minimum absolute atomic E-state index is 0.243. The van der Waals surface area contributed by atoms with E-state index in [9.17, 15) is 9.90 Å². The smallest absolute Gasteiger partial charge is 0.226 e. The molecule has 4 rings (SSSR count). The largest absolute Gasteiger partial charge is 0.385 e. The molecule has 1 amide bonds. The van der Waals surface area contributed by atoms with Crippen LogP contribution in [0.3, 0.4) is 0 Å². The summed E-state index contributed by atoms with van der Waals surface area (Å²) in [4.78, 5) is 14.5. The highest BCUT2D eigenvalue weighted by Gasteiger charge is 2.51. The van der Waals surface area contributed by atoms with Crippen molar-refractivity contribution < 1.29 is 9.90 Å². The Morgan fingerprint density at radius 3 is 2.20 bits per heavy atom. The number of carbonyl (C=O) groups excluding carboxylic acids is 1. The van der Waals surface area contributed by atoms with Gasteiger partial charge in [0.05, 0.1) is 5.60 Å². The molecule has 2 atom stereocenters. The summed E-state index contributed by atoms with van der Waals surface area (Å²) in [6.45, 7) is 0. The average Bonchev–Trinajstić information content (AvgIpc) is 3.26. The lowest BCUT2D eigenvalue weighted by Gasteiger charge is -2.44. The molecule has 0 aromatic heterocycles. The standard InChI is InChI=1S/C17H21NO2/c19-16(12-6-7-12)18-14-8-9-15(18)11-17(20,10-14)13-4-2-1-3-5-13/h1-5,12,14-15,20H,6-11H2. The van der Waals surface area contributed by atoms with Gasteiger partial charge >= 0.3 is 0 Å². The second-order valence-electron chi connectivity index (χ2n) is 6.71. The van der Waals surface area contributed by atoms with Crippen molar-refractivity contribution in [2.45, 2.75) is 56.2 Å². The number of fused-ring (bicyclic) bond motifs is 2. The van der Waals surface area contributed by atoms with Gasteiger partial charge in [0, 0.05) is 30.8 Å². The van der Waals surface area contributed by atoms with Gasteiger partial charge in [0.25, 0.3) is 0 Å². The summed E-state index contributed by atoms with van der Waals surface area (Å²) >= 11 is 0. The molecule has 2 unspecified atom stereocenters. The molecule has 3 nitrogen and oxygen atoms in total. The third kappa shape index (κ3) is 1.87. The molecule has 1 aromatic rings.